The van der Waals surface area contributed by atoms with Gasteiger partial charge in [0, 0.05) is 5.41 Å². The van der Waals surface area contributed by atoms with Gasteiger partial charge < -0.3 is 10.6 Å². The van der Waals surface area contributed by atoms with Crippen LogP contribution in [0.2, 0.25) is 0 Å². The number of anilines is 1. The van der Waals surface area contributed by atoms with Gasteiger partial charge in [-0.2, -0.15) is 0 Å². The number of rotatable bonds is 5. The fourth-order valence-corrected chi connectivity index (χ4v) is 2.36. The quantitative estimate of drug-likeness (QED) is 0.708. The number of para-hydroxylation sites is 1. The number of hydrogen-bond donors (Lipinski definition) is 2. The Labute approximate surface area is 165 Å². The molecule has 0 spiro atoms. The van der Waals surface area contributed by atoms with Gasteiger partial charge in [-0.15, -0.1) is 0 Å². The molecule has 0 saturated heterocycles. The summed E-state index contributed by atoms with van der Waals surface area (Å²) in [5.41, 5.74) is 1.36. The van der Waals surface area contributed by atoms with Crippen LogP contribution < -0.4 is 10.6 Å². The maximum atomic E-state index is 13.9. The normalized spacial score (nSPS) is 12.0. The molecular formula is C23H27FN2O2. The average Bonchev–Trinajstić information content (AvgIpc) is 2.62. The highest BCUT2D eigenvalue weighted by atomic mass is 19.1. The van der Waals surface area contributed by atoms with Gasteiger partial charge in [-0.05, 0) is 35.3 Å². The van der Waals surface area contributed by atoms with Gasteiger partial charge in [-0.1, -0.05) is 71.0 Å². The van der Waals surface area contributed by atoms with Gasteiger partial charge in [0.2, 0.25) is 5.91 Å². The van der Waals surface area contributed by atoms with Crippen molar-refractivity contribution in [1.82, 2.24) is 5.32 Å². The molecule has 0 aliphatic rings. The zero-order valence-electron chi connectivity index (χ0n) is 17.0. The third-order valence-electron chi connectivity index (χ3n) is 4.21. The Morgan fingerprint density at radius 3 is 2.14 bits per heavy atom. The maximum absolute atomic E-state index is 13.9. The molecule has 4 nitrogen and oxygen atoms in total. The van der Waals surface area contributed by atoms with Gasteiger partial charge >= 0.3 is 0 Å². The van der Waals surface area contributed by atoms with Crippen molar-refractivity contribution in [2.45, 2.75) is 40.5 Å². The minimum absolute atomic E-state index is 0.0542. The molecule has 0 radical (unpaired) electrons. The molecule has 0 aromatic heterocycles. The van der Waals surface area contributed by atoms with E-state index >= 15 is 0 Å². The lowest BCUT2D eigenvalue weighted by molar-refractivity contribution is -0.128. The van der Waals surface area contributed by atoms with Crippen molar-refractivity contribution in [3.63, 3.8) is 0 Å². The number of hydrogen-bond acceptors (Lipinski definition) is 2. The molecule has 0 aliphatic carbocycles. The van der Waals surface area contributed by atoms with Crippen LogP contribution in [0.3, 0.4) is 0 Å². The van der Waals surface area contributed by atoms with Gasteiger partial charge in [-0.3, -0.25) is 9.59 Å². The molecule has 0 bridgehead atoms. The van der Waals surface area contributed by atoms with Crippen LogP contribution in [-0.2, 0) is 9.59 Å². The monoisotopic (exact) mass is 382 g/mol. The van der Waals surface area contributed by atoms with Crippen molar-refractivity contribution in [1.29, 1.82) is 0 Å². The molecular weight excluding hydrogens is 355 g/mol. The van der Waals surface area contributed by atoms with Crippen LogP contribution in [0.15, 0.2) is 54.2 Å². The lowest BCUT2D eigenvalue weighted by Gasteiger charge is -2.19. The van der Waals surface area contributed by atoms with E-state index in [1.54, 1.807) is 39.0 Å². The van der Waals surface area contributed by atoms with Crippen molar-refractivity contribution in [3.8, 4) is 0 Å². The van der Waals surface area contributed by atoms with Crippen LogP contribution in [0.1, 0.15) is 51.7 Å². The van der Waals surface area contributed by atoms with Crippen molar-refractivity contribution >= 4 is 23.6 Å². The second-order valence-corrected chi connectivity index (χ2v) is 8.02. The SMILES string of the molecule is CC(C)c1ccc(/C=C(/NC(=O)C(C)(C)C)C(=O)Nc2ccccc2F)cc1. The van der Waals surface area contributed by atoms with Crippen LogP contribution in [0.4, 0.5) is 10.1 Å². The standard InChI is InChI=1S/C23H27FN2O2/c1-15(2)17-12-10-16(11-13-17)14-20(26-22(28)23(3,4)5)21(27)25-19-9-7-6-8-18(19)24/h6-15H,1-5H3,(H,25,27)(H,26,28)/b20-14+. The van der Waals surface area contributed by atoms with E-state index in [0.29, 0.717) is 5.92 Å². The molecule has 5 heteroatoms. The Balaban J connectivity index is 2.34. The summed E-state index contributed by atoms with van der Waals surface area (Å²) in [5, 5.41) is 5.19. The summed E-state index contributed by atoms with van der Waals surface area (Å²) in [6.07, 6.45) is 1.59. The summed E-state index contributed by atoms with van der Waals surface area (Å²) in [4.78, 5) is 25.2. The molecule has 148 valence electrons. The highest BCUT2D eigenvalue weighted by Gasteiger charge is 2.24. The Hall–Kier alpha value is -2.95. The first kappa shape index (κ1) is 21.4. The number of carbonyl (C=O) groups is 2. The van der Waals surface area contributed by atoms with E-state index in [0.717, 1.165) is 5.56 Å². The summed E-state index contributed by atoms with van der Waals surface area (Å²) < 4.78 is 13.9. The predicted molar refractivity (Wildman–Crippen MR) is 111 cm³/mol. The Bertz CT molecular complexity index is 878. The Morgan fingerprint density at radius 2 is 1.61 bits per heavy atom. The minimum atomic E-state index is -0.682. The van der Waals surface area contributed by atoms with Gasteiger partial charge in [0.15, 0.2) is 0 Å². The average molecular weight is 382 g/mol. The molecule has 0 saturated carbocycles. The van der Waals surface area contributed by atoms with E-state index in [2.05, 4.69) is 24.5 Å². The van der Waals surface area contributed by atoms with Gasteiger partial charge in [0.05, 0.1) is 5.69 Å². The molecule has 0 atom stereocenters. The van der Waals surface area contributed by atoms with E-state index in [9.17, 15) is 14.0 Å². The molecule has 0 aliphatic heterocycles. The van der Waals surface area contributed by atoms with Crippen LogP contribution in [-0.4, -0.2) is 11.8 Å². The topological polar surface area (TPSA) is 58.2 Å². The summed E-state index contributed by atoms with van der Waals surface area (Å²) >= 11 is 0. The van der Waals surface area contributed by atoms with E-state index < -0.39 is 17.1 Å². The molecule has 2 aromatic carbocycles. The number of benzene rings is 2. The highest BCUT2D eigenvalue weighted by Crippen LogP contribution is 2.19. The molecule has 0 heterocycles. The van der Waals surface area contributed by atoms with Crippen LogP contribution in [0, 0.1) is 11.2 Å². The lowest BCUT2D eigenvalue weighted by Crippen LogP contribution is -2.38. The molecule has 2 rings (SSSR count). The zero-order chi connectivity index (χ0) is 20.9. The second kappa shape index (κ2) is 8.83. The first-order valence-electron chi connectivity index (χ1n) is 9.27. The third kappa shape index (κ3) is 5.78. The van der Waals surface area contributed by atoms with E-state index in [1.165, 1.54) is 17.7 Å². The largest absolute Gasteiger partial charge is 0.321 e. The summed E-state index contributed by atoms with van der Waals surface area (Å²) in [6, 6.07) is 13.6. The van der Waals surface area contributed by atoms with Gasteiger partial charge in [-0.25, -0.2) is 4.39 Å². The number of amides is 2. The predicted octanol–water partition coefficient (Wildman–Crippen LogP) is 5.09. The van der Waals surface area contributed by atoms with Crippen LogP contribution in [0.25, 0.3) is 6.08 Å². The third-order valence-corrected chi connectivity index (χ3v) is 4.21. The van der Waals surface area contributed by atoms with Gasteiger partial charge in [0.1, 0.15) is 11.5 Å². The smallest absolute Gasteiger partial charge is 0.272 e. The molecule has 2 amide bonds. The molecule has 2 N–H and O–H groups in total. The minimum Gasteiger partial charge on any atom is -0.321 e. The highest BCUT2D eigenvalue weighted by molar-refractivity contribution is 6.09. The summed E-state index contributed by atoms with van der Waals surface area (Å²) in [6.45, 7) is 9.47. The number of nitrogens with one attached hydrogen (secondary N) is 2. The molecule has 0 unspecified atom stereocenters. The molecule has 0 fully saturated rings. The van der Waals surface area contributed by atoms with Crippen LogP contribution >= 0.6 is 0 Å². The van der Waals surface area contributed by atoms with Gasteiger partial charge in [0.25, 0.3) is 5.91 Å². The van der Waals surface area contributed by atoms with Crippen molar-refractivity contribution < 1.29 is 14.0 Å². The first-order chi connectivity index (χ1) is 13.1. The van der Waals surface area contributed by atoms with E-state index in [4.69, 9.17) is 0 Å². The summed E-state index contributed by atoms with van der Waals surface area (Å²) in [7, 11) is 0. The van der Waals surface area contributed by atoms with Crippen molar-refractivity contribution in [2.75, 3.05) is 5.32 Å². The maximum Gasteiger partial charge on any atom is 0.272 e. The second-order valence-electron chi connectivity index (χ2n) is 8.02. The van der Waals surface area contributed by atoms with Crippen molar-refractivity contribution in [2.24, 2.45) is 5.41 Å². The Morgan fingerprint density at radius 1 is 1.00 bits per heavy atom. The molecule has 28 heavy (non-hydrogen) atoms. The summed E-state index contributed by atoms with van der Waals surface area (Å²) in [5.74, 6) is -1.04. The fraction of sp³-hybridized carbons (Fsp3) is 0.304. The first-order valence-corrected chi connectivity index (χ1v) is 9.27. The number of carbonyl (C=O) groups excluding carboxylic acids is 2. The molecule has 2 aromatic rings. The van der Waals surface area contributed by atoms with Crippen LogP contribution in [0.5, 0.6) is 0 Å². The number of halogens is 1. The zero-order valence-corrected chi connectivity index (χ0v) is 17.0. The van der Waals surface area contributed by atoms with E-state index in [1.807, 2.05) is 24.3 Å². The lowest BCUT2D eigenvalue weighted by atomic mass is 9.95. The van der Waals surface area contributed by atoms with Crippen molar-refractivity contribution in [3.05, 3.63) is 71.2 Å². The Kier molecular flexibility index (Phi) is 6.73. The van der Waals surface area contributed by atoms with E-state index in [-0.39, 0.29) is 17.3 Å². The fourth-order valence-electron chi connectivity index (χ4n) is 2.36.